The molecule has 17 heavy (non-hydrogen) atoms. The summed E-state index contributed by atoms with van der Waals surface area (Å²) in [6.07, 6.45) is 2.61. The summed E-state index contributed by atoms with van der Waals surface area (Å²) in [5.41, 5.74) is -2.04. The van der Waals surface area contributed by atoms with Crippen LogP contribution in [-0.2, 0) is 12.8 Å². The average molecular weight is 327 g/mol. The summed E-state index contributed by atoms with van der Waals surface area (Å²) < 4.78 is 36.8. The topological polar surface area (TPSA) is 0 Å². The Labute approximate surface area is 112 Å². The fourth-order valence-electron chi connectivity index (χ4n) is 1.63. The fraction of sp³-hybridized carbons (Fsp3) is 0.500. The largest absolute Gasteiger partial charge is 0.446 e. The Morgan fingerprint density at radius 3 is 2.47 bits per heavy atom. The Morgan fingerprint density at radius 1 is 1.24 bits per heavy atom. The molecule has 0 unspecified atom stereocenters. The van der Waals surface area contributed by atoms with Crippen molar-refractivity contribution in [1.82, 2.24) is 0 Å². The zero-order valence-corrected chi connectivity index (χ0v) is 11.9. The van der Waals surface area contributed by atoms with E-state index in [1.165, 1.54) is 0 Å². The Kier molecular flexibility index (Phi) is 5.86. The summed E-state index contributed by atoms with van der Waals surface area (Å²) in [5.74, 6) is 0. The normalized spacial score (nSPS) is 11.8. The third kappa shape index (κ3) is 5.34. The monoisotopic (exact) mass is 326 g/mol. The van der Waals surface area contributed by atoms with Crippen molar-refractivity contribution in [3.63, 3.8) is 0 Å². The summed E-state index contributed by atoms with van der Waals surface area (Å²) in [7, 11) is 0. The number of benzene rings is 1. The van der Waals surface area contributed by atoms with Crippen LogP contribution in [0.2, 0.25) is 0 Å². The van der Waals surface area contributed by atoms with Gasteiger partial charge in [0.15, 0.2) is 0 Å². The highest BCUT2D eigenvalue weighted by Gasteiger charge is 2.29. The Morgan fingerprint density at radius 2 is 1.94 bits per heavy atom. The van der Waals surface area contributed by atoms with E-state index >= 15 is 0 Å². The van der Waals surface area contributed by atoms with Gasteiger partial charge < -0.3 is 0 Å². The molecule has 0 aliphatic rings. The van der Waals surface area contributed by atoms with Gasteiger partial charge in [-0.3, -0.25) is 0 Å². The van der Waals surface area contributed by atoms with Crippen molar-refractivity contribution < 1.29 is 13.2 Å². The van der Waals surface area contributed by atoms with Crippen LogP contribution < -0.4 is 0 Å². The summed E-state index contributed by atoms with van der Waals surface area (Å²) >= 11 is 3.29. The lowest BCUT2D eigenvalue weighted by Gasteiger charge is -2.11. The van der Waals surface area contributed by atoms with Crippen molar-refractivity contribution >= 4 is 27.7 Å². The number of aryl methyl sites for hydroxylation is 2. The third-order valence-corrected chi connectivity index (χ3v) is 3.65. The summed E-state index contributed by atoms with van der Waals surface area (Å²) in [6.45, 7) is 2.02. The first-order valence-electron chi connectivity index (χ1n) is 5.39. The molecule has 0 nitrogen and oxygen atoms in total. The summed E-state index contributed by atoms with van der Waals surface area (Å²) in [6, 6.07) is 5.02. The van der Waals surface area contributed by atoms with E-state index in [9.17, 15) is 13.2 Å². The maximum atomic E-state index is 12.3. The van der Waals surface area contributed by atoms with Crippen molar-refractivity contribution in [1.29, 1.82) is 0 Å². The van der Waals surface area contributed by atoms with E-state index in [4.69, 9.17) is 0 Å². The molecule has 0 N–H and O–H groups in total. The van der Waals surface area contributed by atoms with Gasteiger partial charge in [-0.1, -0.05) is 28.9 Å². The van der Waals surface area contributed by atoms with Gasteiger partial charge in [0.05, 0.1) is 0 Å². The average Bonchev–Trinajstić information content (AvgIpc) is 2.24. The number of halogens is 4. The van der Waals surface area contributed by atoms with Gasteiger partial charge in [0.25, 0.3) is 0 Å². The van der Waals surface area contributed by atoms with Crippen molar-refractivity contribution in [3.8, 4) is 0 Å². The molecule has 0 atom stereocenters. The van der Waals surface area contributed by atoms with Crippen LogP contribution in [0.25, 0.3) is 0 Å². The van der Waals surface area contributed by atoms with E-state index in [1.807, 2.05) is 6.92 Å². The van der Waals surface area contributed by atoms with Gasteiger partial charge in [-0.2, -0.15) is 13.2 Å². The van der Waals surface area contributed by atoms with Crippen molar-refractivity contribution in [3.05, 3.63) is 29.3 Å². The van der Waals surface area contributed by atoms with Crippen molar-refractivity contribution in [2.75, 3.05) is 5.33 Å². The second-order valence-electron chi connectivity index (χ2n) is 3.62. The first-order chi connectivity index (χ1) is 7.96. The van der Waals surface area contributed by atoms with E-state index in [0.29, 0.717) is 0 Å². The third-order valence-electron chi connectivity index (χ3n) is 2.37. The van der Waals surface area contributed by atoms with E-state index in [-0.39, 0.29) is 16.7 Å². The highest BCUT2D eigenvalue weighted by Crippen LogP contribution is 2.37. The van der Waals surface area contributed by atoms with Gasteiger partial charge in [0.1, 0.15) is 0 Å². The van der Waals surface area contributed by atoms with E-state index in [0.717, 1.165) is 35.7 Å². The highest BCUT2D eigenvalue weighted by molar-refractivity contribution is 9.09. The van der Waals surface area contributed by atoms with Gasteiger partial charge in [0, 0.05) is 10.2 Å². The molecule has 1 aromatic rings. The lowest BCUT2D eigenvalue weighted by molar-refractivity contribution is -0.0328. The first kappa shape index (κ1) is 14.9. The van der Waals surface area contributed by atoms with Gasteiger partial charge in [-0.25, -0.2) is 0 Å². The maximum Gasteiger partial charge on any atom is 0.446 e. The molecule has 96 valence electrons. The number of thioether (sulfide) groups is 1. The van der Waals surface area contributed by atoms with Crippen molar-refractivity contribution in [2.24, 2.45) is 0 Å². The molecule has 5 heteroatoms. The maximum absolute atomic E-state index is 12.3. The predicted molar refractivity (Wildman–Crippen MR) is 69.8 cm³/mol. The molecular formula is C12H14BrF3S. The Bertz CT molecular complexity index is 363. The molecule has 0 aliphatic carbocycles. The standard InChI is InChI=1S/C12H14BrF3S/c1-2-9-5-6-11(17-12(14,15)16)8-10(9)4-3-7-13/h5-6,8H,2-4,7H2,1H3. The molecule has 0 bridgehead atoms. The molecule has 0 spiro atoms. The SMILES string of the molecule is CCc1ccc(SC(F)(F)F)cc1CCCBr. The Hall–Kier alpha value is -0.160. The molecule has 0 saturated heterocycles. The number of hydrogen-bond acceptors (Lipinski definition) is 1. The lowest BCUT2D eigenvalue weighted by atomic mass is 10.0. The second kappa shape index (κ2) is 6.69. The van der Waals surface area contributed by atoms with Crippen LogP contribution in [0, 0.1) is 0 Å². The van der Waals surface area contributed by atoms with Gasteiger partial charge >= 0.3 is 5.51 Å². The molecule has 0 saturated carbocycles. The molecule has 0 aliphatic heterocycles. The fourth-order valence-corrected chi connectivity index (χ4v) is 2.52. The minimum absolute atomic E-state index is 0.0442. The minimum Gasteiger partial charge on any atom is -0.160 e. The van der Waals surface area contributed by atoms with E-state index < -0.39 is 5.51 Å². The lowest BCUT2D eigenvalue weighted by Crippen LogP contribution is -2.00. The van der Waals surface area contributed by atoms with Crippen LogP contribution in [0.1, 0.15) is 24.5 Å². The predicted octanol–water partition coefficient (Wildman–Crippen LogP) is 5.19. The zero-order chi connectivity index (χ0) is 12.9. The second-order valence-corrected chi connectivity index (χ2v) is 5.56. The van der Waals surface area contributed by atoms with Crippen LogP contribution in [0.5, 0.6) is 0 Å². The number of alkyl halides is 4. The first-order valence-corrected chi connectivity index (χ1v) is 7.33. The molecule has 0 fully saturated rings. The van der Waals surface area contributed by atoms with Gasteiger partial charge in [-0.05, 0) is 54.3 Å². The summed E-state index contributed by atoms with van der Waals surface area (Å²) in [5, 5.41) is 0.868. The molecule has 0 heterocycles. The van der Waals surface area contributed by atoms with Crippen LogP contribution in [0.15, 0.2) is 23.1 Å². The number of hydrogen-bond donors (Lipinski definition) is 0. The van der Waals surface area contributed by atoms with Crippen molar-refractivity contribution in [2.45, 2.75) is 36.6 Å². The quantitative estimate of drug-likeness (QED) is 0.530. The van der Waals surface area contributed by atoms with Crippen LogP contribution >= 0.6 is 27.7 Å². The molecule has 0 radical (unpaired) electrons. The smallest absolute Gasteiger partial charge is 0.160 e. The minimum atomic E-state index is -4.21. The molecule has 0 amide bonds. The molecular weight excluding hydrogens is 313 g/mol. The van der Waals surface area contributed by atoms with Gasteiger partial charge in [0.2, 0.25) is 0 Å². The van der Waals surface area contributed by atoms with E-state index in [1.54, 1.807) is 18.2 Å². The van der Waals surface area contributed by atoms with E-state index in [2.05, 4.69) is 15.9 Å². The zero-order valence-electron chi connectivity index (χ0n) is 9.48. The molecule has 0 aromatic heterocycles. The van der Waals surface area contributed by atoms with Crippen LogP contribution in [0.3, 0.4) is 0 Å². The van der Waals surface area contributed by atoms with Gasteiger partial charge in [-0.15, -0.1) is 0 Å². The summed E-state index contributed by atoms with van der Waals surface area (Å²) in [4.78, 5) is 0.277. The number of rotatable bonds is 5. The van der Waals surface area contributed by atoms with Crippen LogP contribution in [0.4, 0.5) is 13.2 Å². The molecule has 1 rings (SSSR count). The van der Waals surface area contributed by atoms with Crippen LogP contribution in [-0.4, -0.2) is 10.8 Å². The Balaban J connectivity index is 2.88. The molecule has 1 aromatic carbocycles. The highest BCUT2D eigenvalue weighted by atomic mass is 79.9.